The van der Waals surface area contributed by atoms with Crippen LogP contribution in [0.3, 0.4) is 0 Å². The van der Waals surface area contributed by atoms with Gasteiger partial charge in [-0.3, -0.25) is 19.4 Å². The number of Topliss-reactive ketones (excluding diaryl/α,β-unsaturated/α-hetero) is 1. The number of aromatic amines is 1. The first-order valence-electron chi connectivity index (χ1n) is 9.38. The van der Waals surface area contributed by atoms with Crippen molar-refractivity contribution in [1.82, 2.24) is 14.5 Å². The Bertz CT molecular complexity index is 1100. The van der Waals surface area contributed by atoms with Gasteiger partial charge in [0.1, 0.15) is 0 Å². The normalized spacial score (nSPS) is 11.0. The van der Waals surface area contributed by atoms with Crippen LogP contribution in [0.15, 0.2) is 35.1 Å². The van der Waals surface area contributed by atoms with E-state index >= 15 is 0 Å². The monoisotopic (exact) mass is 398 g/mol. The zero-order valence-electron chi connectivity index (χ0n) is 16.5. The van der Waals surface area contributed by atoms with Crippen molar-refractivity contribution in [1.29, 1.82) is 0 Å². The Hall–Kier alpha value is -3.49. The fourth-order valence-corrected chi connectivity index (χ4v) is 3.36. The number of nitrogens with one attached hydrogen (secondary N) is 1. The van der Waals surface area contributed by atoms with E-state index in [0.29, 0.717) is 42.9 Å². The molecule has 0 unspecified atom stereocenters. The summed E-state index contributed by atoms with van der Waals surface area (Å²) in [6.45, 7) is 3.89. The lowest BCUT2D eigenvalue weighted by Crippen LogP contribution is -2.41. The lowest BCUT2D eigenvalue weighted by Gasteiger charge is -2.06. The summed E-state index contributed by atoms with van der Waals surface area (Å²) >= 11 is 0. The van der Waals surface area contributed by atoms with E-state index < -0.39 is 5.56 Å². The highest BCUT2D eigenvalue weighted by molar-refractivity contribution is 5.91. The molecule has 0 fully saturated rings. The van der Waals surface area contributed by atoms with Gasteiger partial charge in [-0.2, -0.15) is 0 Å². The Labute approximate surface area is 167 Å². The standard InChI is InChI=1S/C20H23N5O4/c1-13(26)19-24(10-6-7-11-29-14(2)27)16-17(22-20(21)23-18(16)28)25(19)12-15-8-4-3-5-9-15/h3-5,8-9H,6-7,10-12H2,1-2H3,(H2-,21,22,23,26,28)/p+1. The number of ketones is 1. The molecule has 0 radical (unpaired) electrons. The van der Waals surface area contributed by atoms with Gasteiger partial charge in [0.2, 0.25) is 11.3 Å². The van der Waals surface area contributed by atoms with Crippen LogP contribution in [0.2, 0.25) is 0 Å². The minimum Gasteiger partial charge on any atom is -0.466 e. The van der Waals surface area contributed by atoms with Gasteiger partial charge in [-0.15, -0.1) is 0 Å². The number of hydrogen-bond donors (Lipinski definition) is 2. The lowest BCUT2D eigenvalue weighted by molar-refractivity contribution is -0.667. The Morgan fingerprint density at radius 1 is 1.21 bits per heavy atom. The van der Waals surface area contributed by atoms with E-state index in [-0.39, 0.29) is 24.3 Å². The molecular formula is C20H24N5O4+. The highest BCUT2D eigenvalue weighted by Crippen LogP contribution is 2.14. The summed E-state index contributed by atoms with van der Waals surface area (Å²) in [5.41, 5.74) is 6.99. The average Bonchev–Trinajstić information content (AvgIpc) is 2.96. The third-order valence-electron chi connectivity index (χ3n) is 4.51. The highest BCUT2D eigenvalue weighted by Gasteiger charge is 2.30. The number of unbranched alkanes of at least 4 members (excludes halogenated alkanes) is 1. The van der Waals surface area contributed by atoms with E-state index in [9.17, 15) is 14.4 Å². The first-order chi connectivity index (χ1) is 13.9. The van der Waals surface area contributed by atoms with Crippen LogP contribution < -0.4 is 15.9 Å². The molecule has 152 valence electrons. The molecule has 0 aliphatic carbocycles. The molecule has 3 aromatic rings. The number of fused-ring (bicyclic) bond motifs is 1. The highest BCUT2D eigenvalue weighted by atomic mass is 16.5. The average molecular weight is 398 g/mol. The number of imidazole rings is 1. The quantitative estimate of drug-likeness (QED) is 0.254. The van der Waals surface area contributed by atoms with E-state index in [4.69, 9.17) is 10.5 Å². The summed E-state index contributed by atoms with van der Waals surface area (Å²) in [6, 6.07) is 9.61. The summed E-state index contributed by atoms with van der Waals surface area (Å²) in [5, 5.41) is 0. The zero-order valence-corrected chi connectivity index (χ0v) is 16.5. The predicted octanol–water partition coefficient (Wildman–Crippen LogP) is 1.19. The van der Waals surface area contributed by atoms with Crippen LogP contribution in [0.5, 0.6) is 0 Å². The number of benzene rings is 1. The van der Waals surface area contributed by atoms with E-state index in [1.807, 2.05) is 30.3 Å². The van der Waals surface area contributed by atoms with Gasteiger partial charge >= 0.3 is 11.6 Å². The van der Waals surface area contributed by atoms with Crippen molar-refractivity contribution in [3.8, 4) is 0 Å². The molecule has 0 atom stereocenters. The van der Waals surface area contributed by atoms with Crippen LogP contribution in [-0.4, -0.2) is 32.9 Å². The molecule has 0 bridgehead atoms. The van der Waals surface area contributed by atoms with Gasteiger partial charge in [-0.25, -0.2) is 9.13 Å². The van der Waals surface area contributed by atoms with E-state index in [1.54, 1.807) is 9.13 Å². The summed E-state index contributed by atoms with van der Waals surface area (Å²) in [7, 11) is 0. The summed E-state index contributed by atoms with van der Waals surface area (Å²) in [4.78, 5) is 42.9. The van der Waals surface area contributed by atoms with E-state index in [0.717, 1.165) is 5.56 Å². The third kappa shape index (κ3) is 4.50. The fourth-order valence-electron chi connectivity index (χ4n) is 3.36. The van der Waals surface area contributed by atoms with Crippen LogP contribution in [0.1, 0.15) is 42.9 Å². The summed E-state index contributed by atoms with van der Waals surface area (Å²) in [6.07, 6.45) is 1.22. The van der Waals surface area contributed by atoms with Gasteiger partial charge < -0.3 is 10.5 Å². The number of nitrogens with two attached hydrogens (primary N) is 1. The van der Waals surface area contributed by atoms with Crippen molar-refractivity contribution in [3.63, 3.8) is 0 Å². The number of aromatic nitrogens is 4. The Morgan fingerprint density at radius 2 is 1.93 bits per heavy atom. The fraction of sp³-hybridized carbons (Fsp3) is 0.350. The van der Waals surface area contributed by atoms with Crippen LogP contribution in [0.4, 0.5) is 5.95 Å². The SMILES string of the molecule is CC(=O)OCCCCn1c(C(C)=O)[n+](Cc2ccccc2)c2nc(N)[nH]c(=O)c21. The van der Waals surface area contributed by atoms with E-state index in [1.165, 1.54) is 13.8 Å². The van der Waals surface area contributed by atoms with Crippen molar-refractivity contribution in [2.45, 2.75) is 39.8 Å². The number of hydrogen-bond acceptors (Lipinski definition) is 6. The van der Waals surface area contributed by atoms with Crippen LogP contribution in [-0.2, 0) is 22.6 Å². The number of ether oxygens (including phenoxy) is 1. The predicted molar refractivity (Wildman–Crippen MR) is 106 cm³/mol. The van der Waals surface area contributed by atoms with Crippen LogP contribution in [0.25, 0.3) is 11.2 Å². The molecule has 0 aliphatic heterocycles. The Balaban J connectivity index is 2.06. The largest absolute Gasteiger partial charge is 0.466 e. The second kappa shape index (κ2) is 8.68. The van der Waals surface area contributed by atoms with Gasteiger partial charge in [0.15, 0.2) is 0 Å². The van der Waals surface area contributed by atoms with Gasteiger partial charge in [0, 0.05) is 13.8 Å². The topological polar surface area (TPSA) is 124 Å². The van der Waals surface area contributed by atoms with Crippen molar-refractivity contribution in [2.24, 2.45) is 0 Å². The van der Waals surface area contributed by atoms with Crippen LogP contribution in [0, 0.1) is 0 Å². The van der Waals surface area contributed by atoms with Gasteiger partial charge in [0.25, 0.3) is 17.3 Å². The molecule has 0 aliphatic rings. The van der Waals surface area contributed by atoms with Crippen molar-refractivity contribution < 1.29 is 18.9 Å². The van der Waals surface area contributed by atoms with Crippen LogP contribution >= 0.6 is 0 Å². The third-order valence-corrected chi connectivity index (χ3v) is 4.51. The molecule has 0 amide bonds. The number of nitrogens with zero attached hydrogens (tertiary/aromatic N) is 3. The number of carbonyl (C=O) groups excluding carboxylic acids is 2. The smallest absolute Gasteiger partial charge is 0.312 e. The molecule has 0 spiro atoms. The first-order valence-corrected chi connectivity index (χ1v) is 9.38. The van der Waals surface area contributed by atoms with Gasteiger partial charge in [-0.1, -0.05) is 35.3 Å². The molecule has 29 heavy (non-hydrogen) atoms. The van der Waals surface area contributed by atoms with E-state index in [2.05, 4.69) is 9.97 Å². The zero-order chi connectivity index (χ0) is 21.0. The van der Waals surface area contributed by atoms with Crippen molar-refractivity contribution in [2.75, 3.05) is 12.3 Å². The number of esters is 1. The van der Waals surface area contributed by atoms with Gasteiger partial charge in [-0.05, 0) is 18.4 Å². The summed E-state index contributed by atoms with van der Waals surface area (Å²) < 4.78 is 8.36. The maximum absolute atomic E-state index is 12.6. The molecular weight excluding hydrogens is 374 g/mol. The number of aryl methyl sites for hydroxylation is 1. The maximum Gasteiger partial charge on any atom is 0.312 e. The van der Waals surface area contributed by atoms with Crippen molar-refractivity contribution >= 4 is 28.9 Å². The molecule has 2 aromatic heterocycles. The number of H-pyrrole nitrogens is 1. The molecule has 9 nitrogen and oxygen atoms in total. The molecule has 3 rings (SSSR count). The molecule has 2 heterocycles. The number of anilines is 1. The van der Waals surface area contributed by atoms with Crippen molar-refractivity contribution in [3.05, 3.63) is 52.1 Å². The number of carbonyl (C=O) groups is 2. The first kappa shape index (κ1) is 20.2. The maximum atomic E-state index is 12.6. The Morgan fingerprint density at radius 3 is 2.59 bits per heavy atom. The number of nitrogen functional groups attached to an aromatic ring is 1. The minimum atomic E-state index is -0.401. The molecule has 0 saturated heterocycles. The molecule has 1 aromatic carbocycles. The second-order valence-corrected chi connectivity index (χ2v) is 6.77. The van der Waals surface area contributed by atoms with Gasteiger partial charge in [0.05, 0.1) is 19.7 Å². The Kier molecular flexibility index (Phi) is 6.06. The second-order valence-electron chi connectivity index (χ2n) is 6.77. The lowest BCUT2D eigenvalue weighted by atomic mass is 10.2. The minimum absolute atomic E-state index is 0.00794. The molecule has 9 heteroatoms. The summed E-state index contributed by atoms with van der Waals surface area (Å²) in [5.74, 6) is -0.152. The molecule has 0 saturated carbocycles. The number of rotatable bonds is 8. The molecule has 3 N–H and O–H groups in total.